The topological polar surface area (TPSA) is 6.48 Å². The van der Waals surface area contributed by atoms with Gasteiger partial charge in [-0.25, -0.2) is 0 Å². The maximum atomic E-state index is 2.94. The molecule has 0 N–H and O–H groups in total. The summed E-state index contributed by atoms with van der Waals surface area (Å²) in [6, 6.07) is 20.2. The van der Waals surface area contributed by atoms with Gasteiger partial charge in [-0.3, -0.25) is 0 Å². The zero-order chi connectivity index (χ0) is 23.0. The van der Waals surface area contributed by atoms with Gasteiger partial charge in [-0.1, -0.05) is 0 Å². The van der Waals surface area contributed by atoms with E-state index in [2.05, 4.69) is 103 Å². The minimum absolute atomic E-state index is 0.274. The number of hydrogen-bond acceptors (Lipinski definition) is 2. The van der Waals surface area contributed by atoms with E-state index in [-0.39, 0.29) is 6.98 Å². The monoisotopic (exact) mass is 538 g/mol. The molecule has 2 aromatic rings. The Balaban J connectivity index is 2.12. The Morgan fingerprint density at radius 2 is 1.16 bits per heavy atom. The molecule has 1 heterocycles. The summed E-state index contributed by atoms with van der Waals surface area (Å²) in [6.45, 7) is 7.38. The molecule has 4 heteroatoms. The molecular weight excluding hydrogens is 494 g/mol. The van der Waals surface area contributed by atoms with Gasteiger partial charge in [0.1, 0.15) is 0 Å². The number of anilines is 2. The van der Waals surface area contributed by atoms with E-state index >= 15 is 0 Å². The molecule has 0 aromatic heterocycles. The zero-order valence-corrected chi connectivity index (χ0v) is 24.0. The maximum absolute atomic E-state index is 2.94. The van der Waals surface area contributed by atoms with Crippen molar-refractivity contribution < 1.29 is 0 Å². The van der Waals surface area contributed by atoms with Crippen LogP contribution in [0, 0.1) is 0 Å². The van der Waals surface area contributed by atoms with Gasteiger partial charge in [0.05, 0.1) is 0 Å². The fourth-order valence-electron chi connectivity index (χ4n) is 5.45. The van der Waals surface area contributed by atoms with Crippen LogP contribution in [0.5, 0.6) is 0 Å². The molecule has 0 bridgehead atoms. The first-order valence-corrected chi connectivity index (χ1v) is 20.6. The van der Waals surface area contributed by atoms with Crippen LogP contribution in [0.4, 0.5) is 11.4 Å². The Labute approximate surface area is 202 Å². The van der Waals surface area contributed by atoms with Crippen LogP contribution < -0.4 is 9.62 Å². The molecule has 0 fully saturated rings. The standard InChI is InChI=1S/C16H16BN2.3C4H9.Sn/c1-13(14-9-5-4-6-10-14)17-18(2)15-11-7-8-12-16(15)19(17)3;3*1-3-4-2;/h1,4-12H,2-3H3;3*1,3-4H2,2H3;. The number of rotatable bonds is 12. The van der Waals surface area contributed by atoms with E-state index in [1.165, 1.54) is 68.8 Å². The molecular formula is C28H43BN2Sn. The Hall–Kier alpha value is -1.36. The molecule has 1 aliphatic heterocycles. The Kier molecular flexibility index (Phi) is 9.64. The molecule has 0 aliphatic carbocycles. The molecule has 1 aliphatic rings. The van der Waals surface area contributed by atoms with Crippen LogP contribution >= 0.6 is 0 Å². The predicted molar refractivity (Wildman–Crippen MR) is 148 cm³/mol. The third-order valence-electron chi connectivity index (χ3n) is 7.31. The fourth-order valence-corrected chi connectivity index (χ4v) is 20.7. The van der Waals surface area contributed by atoms with Gasteiger partial charge in [0.15, 0.2) is 0 Å². The molecule has 172 valence electrons. The summed E-state index contributed by atoms with van der Waals surface area (Å²) in [5, 5.41) is 0. The molecule has 32 heavy (non-hydrogen) atoms. The van der Waals surface area contributed by atoms with Gasteiger partial charge in [0.2, 0.25) is 0 Å². The predicted octanol–water partition coefficient (Wildman–Crippen LogP) is 8.07. The van der Waals surface area contributed by atoms with Crippen molar-refractivity contribution in [1.29, 1.82) is 0 Å². The van der Waals surface area contributed by atoms with E-state index in [9.17, 15) is 0 Å². The van der Waals surface area contributed by atoms with E-state index in [4.69, 9.17) is 0 Å². The first-order valence-electron chi connectivity index (χ1n) is 12.9. The van der Waals surface area contributed by atoms with Crippen molar-refractivity contribution in [3.8, 4) is 0 Å². The molecule has 0 atom stereocenters. The zero-order valence-electron chi connectivity index (χ0n) is 21.1. The van der Waals surface area contributed by atoms with Gasteiger partial charge in [-0.05, 0) is 0 Å². The van der Waals surface area contributed by atoms with Crippen LogP contribution in [0.15, 0.2) is 58.7 Å². The van der Waals surface area contributed by atoms with Gasteiger partial charge in [-0.2, -0.15) is 0 Å². The summed E-state index contributed by atoms with van der Waals surface area (Å²) in [5.74, 6) is 0. The molecule has 0 amide bonds. The fraction of sp³-hybridized carbons (Fsp3) is 0.500. The molecule has 0 spiro atoms. The average molecular weight is 537 g/mol. The van der Waals surface area contributed by atoms with Gasteiger partial charge in [-0.15, -0.1) is 0 Å². The second-order valence-electron chi connectivity index (χ2n) is 9.72. The Morgan fingerprint density at radius 1 is 0.719 bits per heavy atom. The van der Waals surface area contributed by atoms with E-state index in [0.717, 1.165) is 0 Å². The van der Waals surface area contributed by atoms with Crippen molar-refractivity contribution in [2.75, 3.05) is 23.7 Å². The van der Waals surface area contributed by atoms with Crippen molar-refractivity contribution >= 4 is 42.2 Å². The van der Waals surface area contributed by atoms with Gasteiger partial charge in [0, 0.05) is 0 Å². The second kappa shape index (κ2) is 12.2. The summed E-state index contributed by atoms with van der Waals surface area (Å²) in [4.78, 5) is 5.01. The molecule has 0 radical (unpaired) electrons. The van der Waals surface area contributed by atoms with Crippen molar-refractivity contribution in [1.82, 2.24) is 0 Å². The van der Waals surface area contributed by atoms with Gasteiger partial charge >= 0.3 is 203 Å². The van der Waals surface area contributed by atoms with Crippen molar-refractivity contribution in [2.45, 2.75) is 72.6 Å². The summed E-state index contributed by atoms with van der Waals surface area (Å²) in [5.41, 5.74) is 5.66. The third-order valence-corrected chi connectivity index (χ3v) is 21.5. The van der Waals surface area contributed by atoms with Crippen LogP contribution in [-0.4, -0.2) is 39.5 Å². The first-order chi connectivity index (χ1) is 15.6. The third kappa shape index (κ3) is 5.76. The number of para-hydroxylation sites is 2. The van der Waals surface area contributed by atoms with Crippen LogP contribution in [-0.2, 0) is 0 Å². The van der Waals surface area contributed by atoms with Crippen LogP contribution in [0.2, 0.25) is 13.3 Å². The molecule has 3 rings (SSSR count). The van der Waals surface area contributed by atoms with E-state index in [1.54, 1.807) is 5.47 Å². The SMILES string of the molecule is CCC[CH2][Sn](/[CH]=C(/B1N(C)c2ccccc2N1C)c1ccccc1)([CH2]CCC)[CH2]CCC. The summed E-state index contributed by atoms with van der Waals surface area (Å²) >= 11 is -2.49. The number of hydrogen-bond donors (Lipinski definition) is 0. The average Bonchev–Trinajstić information content (AvgIpc) is 3.09. The number of benzene rings is 2. The van der Waals surface area contributed by atoms with Crippen molar-refractivity contribution in [3.63, 3.8) is 0 Å². The normalized spacial score (nSPS) is 14.3. The molecule has 0 unspecified atom stereocenters. The van der Waals surface area contributed by atoms with Crippen LogP contribution in [0.3, 0.4) is 0 Å². The van der Waals surface area contributed by atoms with E-state index in [0.29, 0.717) is 0 Å². The summed E-state index contributed by atoms with van der Waals surface area (Å²) < 4.78 is 7.46. The van der Waals surface area contributed by atoms with Gasteiger partial charge < -0.3 is 0 Å². The number of unbranched alkanes of at least 4 members (excludes halogenated alkanes) is 3. The number of nitrogens with zero attached hydrogens (tertiary/aromatic N) is 2. The Morgan fingerprint density at radius 3 is 1.59 bits per heavy atom. The first kappa shape index (κ1) is 25.3. The van der Waals surface area contributed by atoms with E-state index < -0.39 is 18.4 Å². The van der Waals surface area contributed by atoms with Gasteiger partial charge in [0.25, 0.3) is 0 Å². The van der Waals surface area contributed by atoms with Crippen molar-refractivity contribution in [3.05, 3.63) is 64.3 Å². The second-order valence-corrected chi connectivity index (χ2v) is 22.6. The minimum atomic E-state index is -2.49. The molecule has 2 nitrogen and oxygen atoms in total. The molecule has 0 saturated heterocycles. The molecule has 0 saturated carbocycles. The quantitative estimate of drug-likeness (QED) is 0.253. The van der Waals surface area contributed by atoms with Crippen molar-refractivity contribution in [2.24, 2.45) is 0 Å². The summed E-state index contributed by atoms with van der Waals surface area (Å²) in [7, 11) is 4.57. The summed E-state index contributed by atoms with van der Waals surface area (Å²) in [6.07, 6.45) is 8.16. The van der Waals surface area contributed by atoms with Crippen LogP contribution in [0.1, 0.15) is 64.9 Å². The number of fused-ring (bicyclic) bond motifs is 1. The van der Waals surface area contributed by atoms with E-state index in [1.807, 2.05) is 0 Å². The van der Waals surface area contributed by atoms with Crippen LogP contribution in [0.25, 0.3) is 5.47 Å². The Bertz CT molecular complexity index is 816. The molecule has 2 aromatic carbocycles.